The van der Waals surface area contributed by atoms with Gasteiger partial charge in [-0.15, -0.1) is 0 Å². The van der Waals surface area contributed by atoms with E-state index in [0.717, 1.165) is 5.92 Å². The Morgan fingerprint density at radius 2 is 2.33 bits per heavy atom. The van der Waals surface area contributed by atoms with E-state index in [1.54, 1.807) is 0 Å². The molecule has 0 aliphatic heterocycles. The second kappa shape index (κ2) is 3.05. The smallest absolute Gasteiger partial charge is 0.0208 e. The van der Waals surface area contributed by atoms with Gasteiger partial charge in [0.2, 0.25) is 0 Å². The summed E-state index contributed by atoms with van der Waals surface area (Å²) < 4.78 is 0. The highest BCUT2D eigenvalue weighted by molar-refractivity contribution is 4.94. The van der Waals surface area contributed by atoms with Gasteiger partial charge in [-0.05, 0) is 38.0 Å². The Morgan fingerprint density at radius 3 is 3.11 bits per heavy atom. The molecule has 0 bridgehead atoms. The summed E-state index contributed by atoms with van der Waals surface area (Å²) in [6.07, 6.45) is 8.47. The first-order valence-electron chi connectivity index (χ1n) is 3.80. The third-order valence-corrected chi connectivity index (χ3v) is 2.14. The van der Waals surface area contributed by atoms with Crippen molar-refractivity contribution in [1.82, 2.24) is 0 Å². The lowest BCUT2D eigenvalue weighted by molar-refractivity contribution is 0.458. The molecule has 0 N–H and O–H groups in total. The fraction of sp³-hybridized carbons (Fsp3) is 0.667. The van der Waals surface area contributed by atoms with Crippen LogP contribution in [0.25, 0.3) is 0 Å². The molecule has 1 aliphatic rings. The Labute approximate surface area is 58.0 Å². The van der Waals surface area contributed by atoms with Crippen LogP contribution < -0.4 is 0 Å². The minimum atomic E-state index is 0.562. The Hall–Kier alpha value is -0.260. The lowest BCUT2D eigenvalue weighted by Gasteiger charge is -2.12. The quantitative estimate of drug-likeness (QED) is 0.434. The van der Waals surface area contributed by atoms with Crippen molar-refractivity contribution in [2.24, 2.45) is 11.8 Å². The summed E-state index contributed by atoms with van der Waals surface area (Å²) in [6.45, 7) is 6.34. The van der Waals surface area contributed by atoms with Gasteiger partial charge in [-0.2, -0.15) is 0 Å². The standard InChI is InChI=1S/C9H15/c1-8-6-4-3-5-7-9(8)2/h4,6,8-9H,1,3,5,7H2,2H3. The first-order chi connectivity index (χ1) is 4.30. The zero-order chi connectivity index (χ0) is 6.69. The Kier molecular flexibility index (Phi) is 2.32. The maximum atomic E-state index is 4.05. The molecule has 0 saturated heterocycles. The molecule has 0 heteroatoms. The van der Waals surface area contributed by atoms with E-state index < -0.39 is 0 Å². The molecule has 0 aromatic heterocycles. The van der Waals surface area contributed by atoms with Gasteiger partial charge in [0.05, 0.1) is 0 Å². The van der Waals surface area contributed by atoms with Gasteiger partial charge < -0.3 is 0 Å². The summed E-state index contributed by atoms with van der Waals surface area (Å²) >= 11 is 0. The van der Waals surface area contributed by atoms with Crippen molar-refractivity contribution in [3.8, 4) is 0 Å². The molecule has 0 saturated carbocycles. The number of rotatable bonds is 0. The van der Waals surface area contributed by atoms with Gasteiger partial charge >= 0.3 is 0 Å². The molecule has 0 aromatic carbocycles. The predicted octanol–water partition coefficient (Wildman–Crippen LogP) is 2.81. The van der Waals surface area contributed by atoms with Crippen LogP contribution in [0.3, 0.4) is 0 Å². The molecule has 0 amide bonds. The van der Waals surface area contributed by atoms with Crippen LogP contribution in [0, 0.1) is 18.8 Å². The maximum Gasteiger partial charge on any atom is -0.0208 e. The van der Waals surface area contributed by atoms with Gasteiger partial charge in [-0.3, -0.25) is 0 Å². The monoisotopic (exact) mass is 123 g/mol. The molecule has 1 radical (unpaired) electrons. The Morgan fingerprint density at radius 1 is 1.56 bits per heavy atom. The summed E-state index contributed by atoms with van der Waals surface area (Å²) in [5.41, 5.74) is 0. The number of hydrogen-bond donors (Lipinski definition) is 0. The molecule has 0 nitrogen and oxygen atoms in total. The van der Waals surface area contributed by atoms with E-state index in [1.807, 2.05) is 0 Å². The fourth-order valence-electron chi connectivity index (χ4n) is 1.23. The second-order valence-electron chi connectivity index (χ2n) is 3.00. The molecular formula is C9H15. The largest absolute Gasteiger partial charge is 0.0882 e. The van der Waals surface area contributed by atoms with E-state index in [4.69, 9.17) is 0 Å². The average Bonchev–Trinajstić information content (AvgIpc) is 1.99. The molecule has 0 heterocycles. The van der Waals surface area contributed by atoms with Crippen LogP contribution in [0.2, 0.25) is 0 Å². The van der Waals surface area contributed by atoms with Gasteiger partial charge in [0.1, 0.15) is 0 Å². The van der Waals surface area contributed by atoms with Gasteiger partial charge in [-0.25, -0.2) is 0 Å². The van der Waals surface area contributed by atoms with Gasteiger partial charge in [0, 0.05) is 0 Å². The summed E-state index contributed by atoms with van der Waals surface area (Å²) in [6, 6.07) is 0. The number of hydrogen-bond acceptors (Lipinski definition) is 0. The summed E-state index contributed by atoms with van der Waals surface area (Å²) in [5, 5.41) is 0. The minimum absolute atomic E-state index is 0.562. The zero-order valence-corrected chi connectivity index (χ0v) is 6.14. The average molecular weight is 123 g/mol. The minimum Gasteiger partial charge on any atom is -0.0882 e. The van der Waals surface area contributed by atoms with E-state index in [0.29, 0.717) is 5.92 Å². The third kappa shape index (κ3) is 1.85. The summed E-state index contributed by atoms with van der Waals surface area (Å²) in [7, 11) is 0. The summed E-state index contributed by atoms with van der Waals surface area (Å²) in [5.74, 6) is 1.36. The van der Waals surface area contributed by atoms with Gasteiger partial charge in [0.15, 0.2) is 0 Å². The first kappa shape index (κ1) is 6.85. The van der Waals surface area contributed by atoms with Crippen LogP contribution in [0.1, 0.15) is 26.2 Å². The molecule has 51 valence electrons. The topological polar surface area (TPSA) is 0 Å². The highest BCUT2D eigenvalue weighted by atomic mass is 14.2. The Balaban J connectivity index is 2.46. The lowest BCUT2D eigenvalue weighted by atomic mass is 9.93. The highest BCUT2D eigenvalue weighted by Crippen LogP contribution is 2.22. The van der Waals surface area contributed by atoms with Crippen molar-refractivity contribution in [3.05, 3.63) is 19.1 Å². The highest BCUT2D eigenvalue weighted by Gasteiger charge is 2.10. The van der Waals surface area contributed by atoms with Crippen LogP contribution in [0.15, 0.2) is 12.2 Å². The van der Waals surface area contributed by atoms with E-state index in [1.165, 1.54) is 19.3 Å². The van der Waals surface area contributed by atoms with Crippen molar-refractivity contribution in [1.29, 1.82) is 0 Å². The second-order valence-corrected chi connectivity index (χ2v) is 3.00. The van der Waals surface area contributed by atoms with Crippen LogP contribution >= 0.6 is 0 Å². The lowest BCUT2D eigenvalue weighted by Crippen LogP contribution is -2.02. The zero-order valence-electron chi connectivity index (χ0n) is 6.14. The van der Waals surface area contributed by atoms with Gasteiger partial charge in [-0.1, -0.05) is 19.1 Å². The van der Waals surface area contributed by atoms with Crippen LogP contribution in [-0.2, 0) is 0 Å². The normalized spacial score (nSPS) is 36.2. The van der Waals surface area contributed by atoms with Crippen molar-refractivity contribution in [3.63, 3.8) is 0 Å². The van der Waals surface area contributed by atoms with Crippen LogP contribution in [-0.4, -0.2) is 0 Å². The molecule has 1 aliphatic carbocycles. The van der Waals surface area contributed by atoms with Crippen molar-refractivity contribution in [2.75, 3.05) is 0 Å². The van der Waals surface area contributed by atoms with Gasteiger partial charge in [0.25, 0.3) is 0 Å². The fourth-order valence-corrected chi connectivity index (χ4v) is 1.23. The predicted molar refractivity (Wildman–Crippen MR) is 41.0 cm³/mol. The van der Waals surface area contributed by atoms with Crippen LogP contribution in [0.4, 0.5) is 0 Å². The molecule has 9 heavy (non-hydrogen) atoms. The molecule has 0 spiro atoms. The maximum absolute atomic E-state index is 4.05. The third-order valence-electron chi connectivity index (χ3n) is 2.14. The van der Waals surface area contributed by atoms with E-state index in [-0.39, 0.29) is 0 Å². The van der Waals surface area contributed by atoms with Crippen molar-refractivity contribution in [2.45, 2.75) is 26.2 Å². The van der Waals surface area contributed by atoms with Crippen LogP contribution in [0.5, 0.6) is 0 Å². The van der Waals surface area contributed by atoms with E-state index in [2.05, 4.69) is 26.0 Å². The SMILES string of the molecule is [CH2]C1C=CCCCC1C. The molecule has 2 atom stereocenters. The molecule has 0 aromatic rings. The molecular weight excluding hydrogens is 108 g/mol. The van der Waals surface area contributed by atoms with E-state index >= 15 is 0 Å². The van der Waals surface area contributed by atoms with E-state index in [9.17, 15) is 0 Å². The Bertz CT molecular complexity index is 103. The molecule has 2 unspecified atom stereocenters. The summed E-state index contributed by atoms with van der Waals surface area (Å²) in [4.78, 5) is 0. The molecule has 0 fully saturated rings. The first-order valence-corrected chi connectivity index (χ1v) is 3.80. The van der Waals surface area contributed by atoms with Crippen molar-refractivity contribution < 1.29 is 0 Å². The number of allylic oxidation sites excluding steroid dienone is 2. The molecule has 1 rings (SSSR count). The van der Waals surface area contributed by atoms with Crippen molar-refractivity contribution >= 4 is 0 Å².